The minimum Gasteiger partial charge on any atom is -0.390 e. The molecule has 2 aromatic rings. The lowest BCUT2D eigenvalue weighted by Gasteiger charge is -2.30. The first-order valence-corrected chi connectivity index (χ1v) is 19.3. The zero-order chi connectivity index (χ0) is 35.4. The van der Waals surface area contributed by atoms with E-state index in [2.05, 4.69) is 10.1 Å². The van der Waals surface area contributed by atoms with Gasteiger partial charge in [-0.25, -0.2) is 26.1 Å². The van der Waals surface area contributed by atoms with Crippen molar-refractivity contribution in [3.8, 4) is 0 Å². The van der Waals surface area contributed by atoms with Crippen molar-refractivity contribution in [1.82, 2.24) is 24.4 Å². The topological polar surface area (TPSA) is 156 Å². The Hall–Kier alpha value is -2.88. The Kier molecular flexibility index (Phi) is 16.0. The van der Waals surface area contributed by atoms with Crippen LogP contribution in [0.2, 0.25) is 0 Å². The molecule has 2 atom stereocenters. The number of amides is 2. The summed E-state index contributed by atoms with van der Waals surface area (Å²) in [5.74, 6) is -1.27. The van der Waals surface area contributed by atoms with Gasteiger partial charge in [0.05, 0.1) is 22.8 Å². The summed E-state index contributed by atoms with van der Waals surface area (Å²) < 4.78 is 52.9. The van der Waals surface area contributed by atoms with E-state index in [0.29, 0.717) is 38.9 Å². The second kappa shape index (κ2) is 18.6. The second-order valence-electron chi connectivity index (χ2n) is 12.4. The molecule has 3 N–H and O–H groups in total. The highest BCUT2D eigenvalue weighted by molar-refractivity contribution is 7.89. The number of carbonyl (C=O) groups excluding carboxylic acids is 2. The number of hydrogen-bond donors (Lipinski definition) is 3. The Labute approximate surface area is 281 Å². The molecular weight excluding hydrogens is 643 g/mol. The predicted molar refractivity (Wildman–Crippen MR) is 185 cm³/mol. The summed E-state index contributed by atoms with van der Waals surface area (Å²) in [7, 11) is -4.95. The van der Waals surface area contributed by atoms with Crippen LogP contribution in [-0.4, -0.2) is 106 Å². The number of sulfonamides is 2. The molecule has 0 aliphatic rings. The van der Waals surface area contributed by atoms with Crippen molar-refractivity contribution in [3.63, 3.8) is 0 Å². The van der Waals surface area contributed by atoms with Crippen LogP contribution < -0.4 is 10.1 Å². The summed E-state index contributed by atoms with van der Waals surface area (Å²) in [6, 6.07) is 12.2. The molecule has 0 saturated heterocycles. The van der Waals surface area contributed by atoms with Crippen LogP contribution in [0.5, 0.6) is 0 Å². The average molecular weight is 696 g/mol. The van der Waals surface area contributed by atoms with E-state index in [1.807, 2.05) is 51.1 Å². The number of carbonyl (C=O) groups is 2. The molecule has 0 spiro atoms. The number of hydrogen-bond acceptors (Lipinski definition) is 8. The number of hydrazine groups is 1. The molecule has 0 saturated carbocycles. The fourth-order valence-corrected chi connectivity index (χ4v) is 7.61. The van der Waals surface area contributed by atoms with Crippen LogP contribution in [0.25, 0.3) is 0 Å². The number of rotatable bonds is 20. The molecule has 264 valence electrons. The van der Waals surface area contributed by atoms with E-state index in [9.17, 15) is 31.5 Å². The number of nitrogens with zero attached hydrogens (tertiary/aromatic N) is 3. The molecule has 2 rings (SSSR count). The maximum Gasteiger partial charge on any atom is 0.253 e. The van der Waals surface area contributed by atoms with Crippen molar-refractivity contribution in [2.75, 3.05) is 46.0 Å². The highest BCUT2D eigenvalue weighted by Crippen LogP contribution is 2.21. The summed E-state index contributed by atoms with van der Waals surface area (Å²) in [4.78, 5) is 31.4. The lowest BCUT2D eigenvalue weighted by Crippen LogP contribution is -2.53. The van der Waals surface area contributed by atoms with Crippen LogP contribution in [0.4, 0.5) is 0 Å². The zero-order valence-corrected chi connectivity index (χ0v) is 30.4. The first-order chi connectivity index (χ1) is 22.0. The van der Waals surface area contributed by atoms with Crippen molar-refractivity contribution in [3.05, 3.63) is 65.2 Å². The molecule has 2 aromatic carbocycles. The highest BCUT2D eigenvalue weighted by Gasteiger charge is 2.29. The summed E-state index contributed by atoms with van der Waals surface area (Å²) in [5.41, 5.74) is 0.820. The van der Waals surface area contributed by atoms with Gasteiger partial charge in [0.2, 0.25) is 20.0 Å². The maximum absolute atomic E-state index is 13.9. The van der Waals surface area contributed by atoms with E-state index < -0.39 is 38.1 Å². The molecule has 0 aromatic heterocycles. The van der Waals surface area contributed by atoms with Gasteiger partial charge in [0.15, 0.2) is 0 Å². The Morgan fingerprint density at radius 1 is 0.851 bits per heavy atom. The lowest BCUT2D eigenvalue weighted by atomic mass is 10.00. The van der Waals surface area contributed by atoms with Crippen LogP contribution in [0.3, 0.4) is 0 Å². The molecule has 0 radical (unpaired) electrons. The lowest BCUT2D eigenvalue weighted by molar-refractivity contribution is 0.0618. The summed E-state index contributed by atoms with van der Waals surface area (Å²) in [6.07, 6.45) is 0.984. The van der Waals surface area contributed by atoms with E-state index >= 15 is 0 Å². The van der Waals surface area contributed by atoms with E-state index in [0.717, 1.165) is 9.87 Å². The van der Waals surface area contributed by atoms with Gasteiger partial charge in [0, 0.05) is 51.4 Å². The standard InChI is InChI=1S/C33H53N5O7S2/c1-8-16-37(17-9-2)33(41)28-20-27(21-29(22-28)47(44,45)36(6)7)32(40)34-30(19-26-14-12-11-13-15-26)31(39)23-38(18-10-3)35-46(42,43)24-25(4)5/h11-15,20-22,25,30-31,35,39H,8-10,16-19,23-24H2,1-7H3,(H,34,40). The van der Waals surface area contributed by atoms with Crippen LogP contribution in [0, 0.1) is 5.92 Å². The van der Waals surface area contributed by atoms with Gasteiger partial charge < -0.3 is 15.3 Å². The third kappa shape index (κ3) is 12.6. The fourth-order valence-electron chi connectivity index (χ4n) is 5.12. The number of aliphatic hydroxyl groups is 1. The van der Waals surface area contributed by atoms with Gasteiger partial charge in [0.25, 0.3) is 11.8 Å². The molecule has 2 unspecified atom stereocenters. The number of nitrogens with one attached hydrogen (secondary N) is 2. The fraction of sp³-hybridized carbons (Fsp3) is 0.576. The summed E-state index contributed by atoms with van der Waals surface area (Å²) >= 11 is 0. The van der Waals surface area contributed by atoms with Crippen molar-refractivity contribution in [2.24, 2.45) is 5.92 Å². The van der Waals surface area contributed by atoms with Crippen LogP contribution in [0.15, 0.2) is 53.4 Å². The Morgan fingerprint density at radius 2 is 1.43 bits per heavy atom. The molecule has 47 heavy (non-hydrogen) atoms. The van der Waals surface area contributed by atoms with Crippen LogP contribution in [0.1, 0.15) is 80.2 Å². The van der Waals surface area contributed by atoms with Crippen LogP contribution in [-0.2, 0) is 26.5 Å². The summed E-state index contributed by atoms with van der Waals surface area (Å²) in [5, 5.41) is 15.8. The SMILES string of the molecule is CCCN(CC(O)C(Cc1ccccc1)NC(=O)c1cc(C(=O)N(CCC)CCC)cc(S(=O)(=O)N(C)C)c1)NS(=O)(=O)CC(C)C. The third-order valence-electron chi connectivity index (χ3n) is 7.27. The van der Waals surface area contributed by atoms with Gasteiger partial charge in [-0.05, 0) is 55.4 Å². The molecule has 0 fully saturated rings. The minimum atomic E-state index is -4.02. The molecule has 0 bridgehead atoms. The number of aliphatic hydroxyl groups excluding tert-OH is 1. The molecule has 2 amide bonds. The predicted octanol–water partition coefficient (Wildman–Crippen LogP) is 3.10. The number of benzene rings is 2. The first kappa shape index (κ1) is 40.3. The highest BCUT2D eigenvalue weighted by atomic mass is 32.2. The molecule has 0 aliphatic carbocycles. The Bertz CT molecular complexity index is 1510. The van der Waals surface area contributed by atoms with Gasteiger partial charge in [-0.2, -0.15) is 0 Å². The van der Waals surface area contributed by atoms with E-state index in [1.54, 1.807) is 18.7 Å². The normalized spacial score (nSPS) is 13.6. The van der Waals surface area contributed by atoms with Crippen LogP contribution >= 0.6 is 0 Å². The summed E-state index contributed by atoms with van der Waals surface area (Å²) in [6.45, 7) is 10.5. The monoisotopic (exact) mass is 695 g/mol. The molecule has 14 heteroatoms. The zero-order valence-electron chi connectivity index (χ0n) is 28.8. The van der Waals surface area contributed by atoms with E-state index in [-0.39, 0.29) is 46.6 Å². The van der Waals surface area contributed by atoms with Gasteiger partial charge >= 0.3 is 0 Å². The molecule has 12 nitrogen and oxygen atoms in total. The van der Waals surface area contributed by atoms with Crippen molar-refractivity contribution >= 4 is 31.9 Å². The Balaban J connectivity index is 2.53. The van der Waals surface area contributed by atoms with Crippen molar-refractivity contribution in [1.29, 1.82) is 0 Å². The van der Waals surface area contributed by atoms with E-state index in [4.69, 9.17) is 0 Å². The van der Waals surface area contributed by atoms with Crippen molar-refractivity contribution in [2.45, 2.75) is 77.3 Å². The van der Waals surface area contributed by atoms with E-state index in [1.165, 1.54) is 37.3 Å². The molecule has 0 heterocycles. The average Bonchev–Trinajstić information content (AvgIpc) is 2.99. The Morgan fingerprint density at radius 3 is 1.96 bits per heavy atom. The molecule has 0 aliphatic heterocycles. The smallest absolute Gasteiger partial charge is 0.253 e. The largest absolute Gasteiger partial charge is 0.390 e. The first-order valence-electron chi connectivity index (χ1n) is 16.2. The van der Waals surface area contributed by atoms with Gasteiger partial charge in [-0.3, -0.25) is 9.59 Å². The van der Waals surface area contributed by atoms with Gasteiger partial charge in [-0.15, -0.1) is 4.83 Å². The van der Waals surface area contributed by atoms with Gasteiger partial charge in [0.1, 0.15) is 0 Å². The molecular formula is C33H53N5O7S2. The minimum absolute atomic E-state index is 0.0578. The van der Waals surface area contributed by atoms with Gasteiger partial charge in [-0.1, -0.05) is 65.0 Å². The quantitative estimate of drug-likeness (QED) is 0.179. The third-order valence-corrected chi connectivity index (χ3v) is 10.7. The maximum atomic E-state index is 13.9. The van der Waals surface area contributed by atoms with Crippen molar-refractivity contribution < 1.29 is 31.5 Å². The second-order valence-corrected chi connectivity index (χ2v) is 16.3.